The summed E-state index contributed by atoms with van der Waals surface area (Å²) in [5, 5.41) is 11.8. The number of para-hydroxylation sites is 1. The minimum Gasteiger partial charge on any atom is -0.492 e. The van der Waals surface area contributed by atoms with Gasteiger partial charge < -0.3 is 10.1 Å². The standard InChI is InChI=1S/C24H24N6O2/c1-17-6-2-3-10-21(17)30-22-11-5-9-20(22)23(28-30)24(31)27-18-7-4-8-19(14-18)32-13-12-29-16-25-15-26-29/h2-4,6-8,10,14-16H,5,9,11-13H2,1H3,(H,27,31). The maximum Gasteiger partial charge on any atom is 0.276 e. The number of nitrogens with zero attached hydrogens (tertiary/aromatic N) is 5. The summed E-state index contributed by atoms with van der Waals surface area (Å²) in [5.74, 6) is 0.480. The molecule has 0 radical (unpaired) electrons. The lowest BCUT2D eigenvalue weighted by Gasteiger charge is -2.09. The molecule has 2 heterocycles. The van der Waals surface area contributed by atoms with Crippen LogP contribution in [0, 0.1) is 6.92 Å². The van der Waals surface area contributed by atoms with Gasteiger partial charge in [0.25, 0.3) is 5.91 Å². The van der Waals surface area contributed by atoms with Gasteiger partial charge >= 0.3 is 0 Å². The molecule has 0 bridgehead atoms. The number of ether oxygens (including phenoxy) is 1. The molecule has 0 spiro atoms. The van der Waals surface area contributed by atoms with Gasteiger partial charge in [-0.2, -0.15) is 10.2 Å². The van der Waals surface area contributed by atoms with E-state index in [1.165, 1.54) is 6.33 Å². The van der Waals surface area contributed by atoms with E-state index >= 15 is 0 Å². The van der Waals surface area contributed by atoms with E-state index in [0.29, 0.717) is 30.3 Å². The second-order valence-electron chi connectivity index (χ2n) is 7.81. The van der Waals surface area contributed by atoms with Crippen LogP contribution in [-0.4, -0.2) is 37.1 Å². The lowest BCUT2D eigenvalue weighted by atomic mass is 10.1. The normalized spacial score (nSPS) is 12.5. The Morgan fingerprint density at radius 2 is 2.06 bits per heavy atom. The summed E-state index contributed by atoms with van der Waals surface area (Å²) in [4.78, 5) is 17.1. The lowest BCUT2D eigenvalue weighted by molar-refractivity contribution is 0.102. The van der Waals surface area contributed by atoms with Crippen LogP contribution < -0.4 is 10.1 Å². The van der Waals surface area contributed by atoms with Crippen molar-refractivity contribution in [1.82, 2.24) is 24.5 Å². The fourth-order valence-electron chi connectivity index (χ4n) is 4.08. The van der Waals surface area contributed by atoms with E-state index < -0.39 is 0 Å². The molecule has 1 aliphatic carbocycles. The third-order valence-electron chi connectivity index (χ3n) is 5.64. The summed E-state index contributed by atoms with van der Waals surface area (Å²) >= 11 is 0. The molecule has 1 N–H and O–H groups in total. The number of benzene rings is 2. The van der Waals surface area contributed by atoms with Gasteiger partial charge in [0.2, 0.25) is 0 Å². The molecule has 162 valence electrons. The summed E-state index contributed by atoms with van der Waals surface area (Å²) in [6, 6.07) is 15.5. The number of aromatic nitrogens is 5. The summed E-state index contributed by atoms with van der Waals surface area (Å²) in [5.41, 5.74) is 5.50. The Morgan fingerprint density at radius 1 is 1.16 bits per heavy atom. The monoisotopic (exact) mass is 428 g/mol. The lowest BCUT2D eigenvalue weighted by Crippen LogP contribution is -2.15. The zero-order valence-electron chi connectivity index (χ0n) is 17.9. The van der Waals surface area contributed by atoms with E-state index in [2.05, 4.69) is 28.4 Å². The van der Waals surface area contributed by atoms with Crippen molar-refractivity contribution in [2.75, 3.05) is 11.9 Å². The highest BCUT2D eigenvalue weighted by Crippen LogP contribution is 2.29. The second kappa shape index (κ2) is 8.66. The number of hydrogen-bond acceptors (Lipinski definition) is 5. The van der Waals surface area contributed by atoms with Crippen LogP contribution >= 0.6 is 0 Å². The molecule has 4 aromatic rings. The number of nitrogens with one attached hydrogen (secondary N) is 1. The maximum atomic E-state index is 13.1. The second-order valence-corrected chi connectivity index (χ2v) is 7.81. The molecule has 1 aliphatic rings. The van der Waals surface area contributed by atoms with Crippen molar-refractivity contribution in [1.29, 1.82) is 0 Å². The van der Waals surface area contributed by atoms with Gasteiger partial charge in [0.15, 0.2) is 5.69 Å². The Hall–Kier alpha value is -3.94. The van der Waals surface area contributed by atoms with Gasteiger partial charge in [-0.1, -0.05) is 24.3 Å². The highest BCUT2D eigenvalue weighted by Gasteiger charge is 2.27. The van der Waals surface area contributed by atoms with Crippen molar-refractivity contribution in [3.05, 3.63) is 83.7 Å². The number of fused-ring (bicyclic) bond motifs is 1. The zero-order chi connectivity index (χ0) is 21.9. The molecule has 2 aromatic heterocycles. The first kappa shape index (κ1) is 20.0. The molecule has 2 aromatic carbocycles. The number of hydrogen-bond donors (Lipinski definition) is 1. The van der Waals surface area contributed by atoms with E-state index in [-0.39, 0.29) is 5.91 Å². The fraction of sp³-hybridized carbons (Fsp3) is 0.250. The summed E-state index contributed by atoms with van der Waals surface area (Å²) in [7, 11) is 0. The third kappa shape index (κ3) is 3.99. The molecule has 32 heavy (non-hydrogen) atoms. The Balaban J connectivity index is 1.32. The summed E-state index contributed by atoms with van der Waals surface area (Å²) in [6.45, 7) is 3.11. The van der Waals surface area contributed by atoms with Gasteiger partial charge in [0.05, 0.1) is 12.2 Å². The average Bonchev–Trinajstić information content (AvgIpc) is 3.53. The molecule has 5 rings (SSSR count). The average molecular weight is 428 g/mol. The number of carbonyl (C=O) groups excluding carboxylic acids is 1. The van der Waals surface area contributed by atoms with Crippen molar-refractivity contribution in [2.24, 2.45) is 0 Å². The van der Waals surface area contributed by atoms with Crippen LogP contribution in [0.2, 0.25) is 0 Å². The van der Waals surface area contributed by atoms with Gasteiger partial charge in [-0.05, 0) is 49.9 Å². The Labute approximate surface area is 185 Å². The van der Waals surface area contributed by atoms with Crippen molar-refractivity contribution in [3.8, 4) is 11.4 Å². The molecular formula is C24H24N6O2. The third-order valence-corrected chi connectivity index (χ3v) is 5.64. The molecular weight excluding hydrogens is 404 g/mol. The van der Waals surface area contributed by atoms with Crippen LogP contribution in [0.4, 0.5) is 5.69 Å². The zero-order valence-corrected chi connectivity index (χ0v) is 17.9. The SMILES string of the molecule is Cc1ccccc1-n1nc(C(=O)Nc2cccc(OCCn3cncn3)c2)c2c1CCC2. The summed E-state index contributed by atoms with van der Waals surface area (Å²) in [6.07, 6.45) is 5.98. The smallest absolute Gasteiger partial charge is 0.276 e. The molecule has 0 fully saturated rings. The molecule has 8 heteroatoms. The minimum absolute atomic E-state index is 0.199. The predicted octanol–water partition coefficient (Wildman–Crippen LogP) is 3.59. The molecule has 1 amide bonds. The molecule has 0 aliphatic heterocycles. The van der Waals surface area contributed by atoms with E-state index in [1.54, 1.807) is 11.0 Å². The van der Waals surface area contributed by atoms with Crippen LogP contribution in [0.3, 0.4) is 0 Å². The number of amides is 1. The van der Waals surface area contributed by atoms with Crippen LogP contribution in [0.25, 0.3) is 5.69 Å². The number of carbonyl (C=O) groups is 1. The van der Waals surface area contributed by atoms with Crippen LogP contribution in [-0.2, 0) is 19.4 Å². The quantitative estimate of drug-likeness (QED) is 0.486. The van der Waals surface area contributed by atoms with Crippen LogP contribution in [0.5, 0.6) is 5.75 Å². The Morgan fingerprint density at radius 3 is 2.91 bits per heavy atom. The first-order valence-corrected chi connectivity index (χ1v) is 10.7. The predicted molar refractivity (Wildman–Crippen MR) is 120 cm³/mol. The van der Waals surface area contributed by atoms with E-state index in [1.807, 2.05) is 47.1 Å². The first-order valence-electron chi connectivity index (χ1n) is 10.7. The van der Waals surface area contributed by atoms with Gasteiger partial charge in [0.1, 0.15) is 25.0 Å². The van der Waals surface area contributed by atoms with E-state index in [0.717, 1.165) is 41.8 Å². The number of rotatable bonds is 7. The van der Waals surface area contributed by atoms with Crippen molar-refractivity contribution < 1.29 is 9.53 Å². The topological polar surface area (TPSA) is 86.9 Å². The first-order chi connectivity index (χ1) is 15.7. The van der Waals surface area contributed by atoms with Gasteiger partial charge in [-0.25, -0.2) is 14.3 Å². The number of anilines is 1. The van der Waals surface area contributed by atoms with Gasteiger partial charge in [0, 0.05) is 23.0 Å². The molecule has 8 nitrogen and oxygen atoms in total. The molecule has 0 unspecified atom stereocenters. The van der Waals surface area contributed by atoms with Crippen molar-refractivity contribution in [2.45, 2.75) is 32.7 Å². The highest BCUT2D eigenvalue weighted by molar-refractivity contribution is 6.04. The Bertz CT molecular complexity index is 1250. The molecule has 0 saturated heterocycles. The van der Waals surface area contributed by atoms with Crippen LogP contribution in [0.1, 0.15) is 33.7 Å². The highest BCUT2D eigenvalue weighted by atomic mass is 16.5. The Kier molecular flexibility index (Phi) is 5.41. The number of aryl methyl sites for hydroxylation is 1. The minimum atomic E-state index is -0.199. The van der Waals surface area contributed by atoms with Gasteiger partial charge in [-0.3, -0.25) is 4.79 Å². The molecule has 0 atom stereocenters. The largest absolute Gasteiger partial charge is 0.492 e. The maximum absolute atomic E-state index is 13.1. The van der Waals surface area contributed by atoms with E-state index in [9.17, 15) is 4.79 Å². The van der Waals surface area contributed by atoms with Crippen molar-refractivity contribution >= 4 is 11.6 Å². The van der Waals surface area contributed by atoms with Gasteiger partial charge in [-0.15, -0.1) is 0 Å². The van der Waals surface area contributed by atoms with E-state index in [4.69, 9.17) is 9.84 Å². The molecule has 0 saturated carbocycles. The van der Waals surface area contributed by atoms with Crippen LogP contribution in [0.15, 0.2) is 61.2 Å². The fourth-order valence-corrected chi connectivity index (χ4v) is 4.08. The van der Waals surface area contributed by atoms with Crippen molar-refractivity contribution in [3.63, 3.8) is 0 Å². The summed E-state index contributed by atoms with van der Waals surface area (Å²) < 4.78 is 9.44.